The second kappa shape index (κ2) is 15.3. The molecule has 0 saturated carbocycles. The molecule has 0 aliphatic carbocycles. The Labute approximate surface area is 141 Å². The molecule has 0 aliphatic rings. The zero-order chi connectivity index (χ0) is 13.7. The number of unbranched alkanes of at least 4 members (excludes halogenated alkanes) is 4. The van der Waals surface area contributed by atoms with Crippen molar-refractivity contribution in [3.8, 4) is 0 Å². The summed E-state index contributed by atoms with van der Waals surface area (Å²) >= 11 is 3.61. The van der Waals surface area contributed by atoms with Crippen LogP contribution in [0.5, 0.6) is 0 Å². The van der Waals surface area contributed by atoms with Crippen LogP contribution in [0.25, 0.3) is 0 Å². The van der Waals surface area contributed by atoms with Crippen LogP contribution in [0.15, 0.2) is 0 Å². The average molecular weight is 401 g/mol. The van der Waals surface area contributed by atoms with E-state index in [4.69, 9.17) is 0 Å². The van der Waals surface area contributed by atoms with Gasteiger partial charge in [-0.3, -0.25) is 0 Å². The topological polar surface area (TPSA) is 0 Å². The Balaban J connectivity index is 0. The third kappa shape index (κ3) is 11.3. The molecular formula is C16H35Br2N. The van der Waals surface area contributed by atoms with E-state index in [9.17, 15) is 0 Å². The lowest BCUT2D eigenvalue weighted by molar-refractivity contribution is -0.928. The quantitative estimate of drug-likeness (QED) is 0.253. The predicted molar refractivity (Wildman–Crippen MR) is 87.5 cm³/mol. The summed E-state index contributed by atoms with van der Waals surface area (Å²) in [6.07, 6.45) is 11.0. The maximum absolute atomic E-state index is 3.61. The fourth-order valence-corrected chi connectivity index (χ4v) is 3.00. The highest BCUT2D eigenvalue weighted by molar-refractivity contribution is 9.09. The van der Waals surface area contributed by atoms with Gasteiger partial charge in [-0.15, -0.1) is 0 Å². The lowest BCUT2D eigenvalue weighted by Crippen LogP contribution is -3.00. The van der Waals surface area contributed by atoms with Crippen LogP contribution in [0.4, 0.5) is 0 Å². The molecular weight excluding hydrogens is 366 g/mol. The van der Waals surface area contributed by atoms with Crippen LogP contribution in [-0.4, -0.2) is 36.0 Å². The Kier molecular flexibility index (Phi) is 17.9. The highest BCUT2D eigenvalue weighted by atomic mass is 79.9. The van der Waals surface area contributed by atoms with Crippen molar-refractivity contribution in [1.29, 1.82) is 0 Å². The van der Waals surface area contributed by atoms with Gasteiger partial charge in [0.05, 0.1) is 26.2 Å². The molecule has 0 N–H and O–H groups in total. The summed E-state index contributed by atoms with van der Waals surface area (Å²) in [5, 5.41) is 1.17. The van der Waals surface area contributed by atoms with Gasteiger partial charge in [-0.2, -0.15) is 0 Å². The first-order valence-corrected chi connectivity index (χ1v) is 9.27. The number of quaternary nitrogens is 1. The number of halogens is 2. The summed E-state index contributed by atoms with van der Waals surface area (Å²) in [5.74, 6) is 0. The molecule has 1 nitrogen and oxygen atoms in total. The molecule has 0 atom stereocenters. The molecule has 0 radical (unpaired) electrons. The molecule has 19 heavy (non-hydrogen) atoms. The molecule has 0 amide bonds. The molecule has 0 aromatic heterocycles. The van der Waals surface area contributed by atoms with Crippen LogP contribution < -0.4 is 17.0 Å². The molecule has 0 unspecified atom stereocenters. The van der Waals surface area contributed by atoms with Gasteiger partial charge in [-0.05, 0) is 25.7 Å². The van der Waals surface area contributed by atoms with E-state index >= 15 is 0 Å². The Morgan fingerprint density at radius 2 is 1.05 bits per heavy atom. The van der Waals surface area contributed by atoms with Crippen LogP contribution in [-0.2, 0) is 0 Å². The summed E-state index contributed by atoms with van der Waals surface area (Å²) in [6.45, 7) is 12.6. The molecule has 0 aromatic carbocycles. The van der Waals surface area contributed by atoms with E-state index < -0.39 is 0 Å². The van der Waals surface area contributed by atoms with Crippen LogP contribution in [0.3, 0.4) is 0 Å². The van der Waals surface area contributed by atoms with Gasteiger partial charge in [0.2, 0.25) is 0 Å². The van der Waals surface area contributed by atoms with Crippen molar-refractivity contribution < 1.29 is 21.5 Å². The average Bonchev–Trinajstić information content (AvgIpc) is 2.40. The largest absolute Gasteiger partial charge is 1.00 e. The number of hydrogen-bond donors (Lipinski definition) is 0. The highest BCUT2D eigenvalue weighted by Crippen LogP contribution is 2.16. The Morgan fingerprint density at radius 3 is 1.47 bits per heavy atom. The van der Waals surface area contributed by atoms with Crippen LogP contribution in [0.2, 0.25) is 0 Å². The van der Waals surface area contributed by atoms with E-state index in [0.717, 1.165) is 0 Å². The minimum Gasteiger partial charge on any atom is -1.00 e. The number of rotatable bonds is 13. The normalized spacial score (nSPS) is 11.4. The molecule has 118 valence electrons. The van der Waals surface area contributed by atoms with Crippen molar-refractivity contribution in [3.63, 3.8) is 0 Å². The smallest absolute Gasteiger partial charge is 0.0794 e. The van der Waals surface area contributed by atoms with Gasteiger partial charge in [-0.1, -0.05) is 56.0 Å². The standard InChI is InChI=1S/C16H35BrN.BrH/c1-4-7-10-15-18(13-8-5-2,14-9-6-3)16-11-12-17;/h4-16H2,1-3H3;1H/q+1;/p-1. The Morgan fingerprint density at radius 1 is 0.632 bits per heavy atom. The van der Waals surface area contributed by atoms with Crippen molar-refractivity contribution in [2.75, 3.05) is 31.5 Å². The lowest BCUT2D eigenvalue weighted by atomic mass is 10.1. The highest BCUT2D eigenvalue weighted by Gasteiger charge is 2.24. The zero-order valence-corrected chi connectivity index (χ0v) is 16.6. The fourth-order valence-electron chi connectivity index (χ4n) is 2.75. The first-order chi connectivity index (χ1) is 8.74. The molecule has 0 aromatic rings. The summed E-state index contributed by atoms with van der Waals surface area (Å²) in [7, 11) is 0. The molecule has 3 heteroatoms. The second-order valence-corrected chi connectivity index (χ2v) is 6.49. The molecule has 0 fully saturated rings. The number of hydrogen-bond acceptors (Lipinski definition) is 0. The summed E-state index contributed by atoms with van der Waals surface area (Å²) in [6, 6.07) is 0. The molecule has 0 heterocycles. The van der Waals surface area contributed by atoms with Gasteiger partial charge in [0.25, 0.3) is 0 Å². The van der Waals surface area contributed by atoms with Gasteiger partial charge >= 0.3 is 0 Å². The lowest BCUT2D eigenvalue weighted by Gasteiger charge is -2.39. The van der Waals surface area contributed by atoms with Crippen molar-refractivity contribution in [2.45, 2.75) is 72.1 Å². The molecule has 0 rings (SSSR count). The second-order valence-electron chi connectivity index (χ2n) is 5.69. The zero-order valence-electron chi connectivity index (χ0n) is 13.4. The van der Waals surface area contributed by atoms with Crippen molar-refractivity contribution in [2.24, 2.45) is 0 Å². The van der Waals surface area contributed by atoms with E-state index in [2.05, 4.69) is 36.7 Å². The SMILES string of the molecule is CCCCC[N+](CCCC)(CCCC)CCCBr.[Br-]. The Bertz CT molecular complexity index is 152. The fraction of sp³-hybridized carbons (Fsp3) is 1.00. The van der Waals surface area contributed by atoms with E-state index in [1.807, 2.05) is 0 Å². The monoisotopic (exact) mass is 399 g/mol. The first kappa shape index (κ1) is 22.2. The predicted octanol–water partition coefficient (Wildman–Crippen LogP) is 2.38. The van der Waals surface area contributed by atoms with Gasteiger partial charge in [0.1, 0.15) is 0 Å². The summed E-state index contributed by atoms with van der Waals surface area (Å²) < 4.78 is 1.40. The molecule has 0 bridgehead atoms. The van der Waals surface area contributed by atoms with E-state index in [0.29, 0.717) is 0 Å². The van der Waals surface area contributed by atoms with Crippen molar-refractivity contribution in [1.82, 2.24) is 0 Å². The number of nitrogens with zero attached hydrogens (tertiary/aromatic N) is 1. The van der Waals surface area contributed by atoms with Crippen LogP contribution in [0.1, 0.15) is 72.1 Å². The van der Waals surface area contributed by atoms with Crippen LogP contribution >= 0.6 is 15.9 Å². The maximum atomic E-state index is 3.61. The summed E-state index contributed by atoms with van der Waals surface area (Å²) in [4.78, 5) is 0. The third-order valence-corrected chi connectivity index (χ3v) is 4.53. The van der Waals surface area contributed by atoms with Crippen molar-refractivity contribution in [3.05, 3.63) is 0 Å². The minimum atomic E-state index is 0. The van der Waals surface area contributed by atoms with Gasteiger partial charge < -0.3 is 21.5 Å². The van der Waals surface area contributed by atoms with Gasteiger partial charge in [0, 0.05) is 11.8 Å². The minimum absolute atomic E-state index is 0. The van der Waals surface area contributed by atoms with E-state index in [-0.39, 0.29) is 17.0 Å². The summed E-state index contributed by atoms with van der Waals surface area (Å²) in [5.41, 5.74) is 0. The van der Waals surface area contributed by atoms with E-state index in [1.165, 1.54) is 87.4 Å². The third-order valence-electron chi connectivity index (χ3n) is 3.97. The maximum Gasteiger partial charge on any atom is 0.0794 e. The first-order valence-electron chi connectivity index (χ1n) is 8.15. The van der Waals surface area contributed by atoms with E-state index in [1.54, 1.807) is 0 Å². The molecule has 0 aliphatic heterocycles. The Hall–Kier alpha value is 0.920. The van der Waals surface area contributed by atoms with Gasteiger partial charge in [0.15, 0.2) is 0 Å². The van der Waals surface area contributed by atoms with Crippen LogP contribution in [0, 0.1) is 0 Å². The van der Waals surface area contributed by atoms with Gasteiger partial charge in [-0.25, -0.2) is 0 Å². The van der Waals surface area contributed by atoms with Crippen molar-refractivity contribution >= 4 is 15.9 Å². The molecule has 0 spiro atoms. The molecule has 0 saturated heterocycles. The number of alkyl halides is 1.